The number of Topliss-reactive ketones (excluding diaryl/α,β-unsaturated/α-hetero) is 1. The summed E-state index contributed by atoms with van der Waals surface area (Å²) < 4.78 is 27.7. The number of carbonyl (C=O) groups excluding carboxylic acids is 2. The molecule has 0 saturated carbocycles. The van der Waals surface area contributed by atoms with Crippen LogP contribution >= 0.6 is 7.82 Å². The number of unbranched alkanes of at least 4 members (excludes halogenated alkanes) is 18. The third-order valence-corrected chi connectivity index (χ3v) is 9.99. The highest BCUT2D eigenvalue weighted by Gasteiger charge is 2.31. The second-order valence-corrected chi connectivity index (χ2v) is 15.4. The molecule has 0 amide bonds. The Morgan fingerprint density at radius 3 is 1.53 bits per heavy atom. The predicted molar refractivity (Wildman–Crippen MR) is 220 cm³/mol. The maximum atomic E-state index is 12.6. The summed E-state index contributed by atoms with van der Waals surface area (Å²) in [4.78, 5) is 35.0. The molecule has 2 unspecified atom stereocenters. The number of allylic oxidation sites excluding steroid dienone is 8. The second kappa shape index (κ2) is 38.4. The van der Waals surface area contributed by atoms with Gasteiger partial charge in [-0.2, -0.15) is 0 Å². The van der Waals surface area contributed by atoms with Crippen LogP contribution in [-0.4, -0.2) is 53.7 Å². The highest BCUT2D eigenvalue weighted by atomic mass is 31.2. The number of nitrogens with two attached hydrogens (primary N) is 1. The molecule has 0 radical (unpaired) electrons. The van der Waals surface area contributed by atoms with Crippen LogP contribution in [0.1, 0.15) is 181 Å². The summed E-state index contributed by atoms with van der Waals surface area (Å²) in [6.07, 6.45) is 42.3. The lowest BCUT2D eigenvalue weighted by atomic mass is 10.0. The van der Waals surface area contributed by atoms with E-state index in [-0.39, 0.29) is 25.2 Å². The van der Waals surface area contributed by atoms with Gasteiger partial charge in [-0.25, -0.2) is 4.57 Å². The van der Waals surface area contributed by atoms with Gasteiger partial charge in [-0.1, -0.05) is 165 Å². The zero-order chi connectivity index (χ0) is 39.1. The Bertz CT molecular complexity index is 1030. The number of hydrogen-bond acceptors (Lipinski definition) is 8. The molecule has 0 heterocycles. The van der Waals surface area contributed by atoms with Crippen molar-refractivity contribution in [2.45, 2.75) is 193 Å². The van der Waals surface area contributed by atoms with Crippen LogP contribution in [0.15, 0.2) is 48.6 Å². The molecule has 0 aliphatic heterocycles. The summed E-state index contributed by atoms with van der Waals surface area (Å²) in [6.45, 7) is 3.05. The molecule has 0 aliphatic carbocycles. The Morgan fingerprint density at radius 1 is 0.623 bits per heavy atom. The molecule has 0 spiro atoms. The molecule has 4 N–H and O–H groups in total. The Hall–Kier alpha value is -1.87. The lowest BCUT2D eigenvalue weighted by Gasteiger charge is -2.21. The number of phosphoric ester groups is 1. The molecule has 53 heavy (non-hydrogen) atoms. The first-order valence-electron chi connectivity index (χ1n) is 21.1. The van der Waals surface area contributed by atoms with Crippen molar-refractivity contribution in [1.29, 1.82) is 0 Å². The second-order valence-electron chi connectivity index (χ2n) is 14.0. The molecular formula is C43H78NO8P. The van der Waals surface area contributed by atoms with E-state index in [2.05, 4.69) is 50.3 Å². The van der Waals surface area contributed by atoms with Crippen molar-refractivity contribution in [3.8, 4) is 0 Å². The molecule has 0 aliphatic rings. The maximum absolute atomic E-state index is 12.6. The average Bonchev–Trinajstić information content (AvgIpc) is 3.15. The van der Waals surface area contributed by atoms with E-state index >= 15 is 0 Å². The van der Waals surface area contributed by atoms with Crippen LogP contribution in [0.5, 0.6) is 0 Å². The molecule has 9 nitrogen and oxygen atoms in total. The lowest BCUT2D eigenvalue weighted by molar-refractivity contribution is -0.153. The third kappa shape index (κ3) is 35.6. The number of ether oxygens (including phenoxy) is 1. The van der Waals surface area contributed by atoms with E-state index in [4.69, 9.17) is 19.5 Å². The van der Waals surface area contributed by atoms with Gasteiger partial charge in [-0.05, 0) is 51.4 Å². The minimum atomic E-state index is -4.68. The van der Waals surface area contributed by atoms with Crippen LogP contribution in [0.3, 0.4) is 0 Å². The monoisotopic (exact) mass is 768 g/mol. The van der Waals surface area contributed by atoms with Gasteiger partial charge in [0.15, 0.2) is 5.78 Å². The highest BCUT2D eigenvalue weighted by molar-refractivity contribution is 7.47. The Morgan fingerprint density at radius 2 is 1.06 bits per heavy atom. The fourth-order valence-corrected chi connectivity index (χ4v) is 6.67. The summed E-state index contributed by atoms with van der Waals surface area (Å²) >= 11 is 0. The first-order chi connectivity index (χ1) is 25.8. The van der Waals surface area contributed by atoms with Crippen LogP contribution < -0.4 is 5.73 Å². The molecule has 0 aromatic carbocycles. The number of aliphatic hydroxyl groups is 1. The fraction of sp³-hybridized carbons (Fsp3) is 0.767. The van der Waals surface area contributed by atoms with Gasteiger partial charge in [0.2, 0.25) is 0 Å². The van der Waals surface area contributed by atoms with Gasteiger partial charge < -0.3 is 20.5 Å². The van der Waals surface area contributed by atoms with Crippen LogP contribution in [0.2, 0.25) is 0 Å². The Balaban J connectivity index is 4.06. The number of phosphoric acid groups is 1. The Kier molecular flexibility index (Phi) is 37.1. The van der Waals surface area contributed by atoms with Gasteiger partial charge in [0.1, 0.15) is 12.2 Å². The van der Waals surface area contributed by atoms with E-state index in [1.165, 1.54) is 96.3 Å². The van der Waals surface area contributed by atoms with Gasteiger partial charge in [-0.3, -0.25) is 18.6 Å². The van der Waals surface area contributed by atoms with E-state index in [0.717, 1.165) is 38.5 Å². The minimum absolute atomic E-state index is 0.130. The lowest BCUT2D eigenvalue weighted by Crippen LogP contribution is -2.32. The summed E-state index contributed by atoms with van der Waals surface area (Å²) in [5, 5.41) is 9.60. The molecule has 10 heteroatoms. The standard InChI is InChI=1S/C43H78NO8P/c1-3-5-7-9-11-13-15-17-19-20-22-24-26-28-30-32-34-36-43(47)51-40(38-45)39-50-53(48,49)52-42(37-44)41(46)35-33-31-29-27-25-23-21-18-16-14-12-10-8-6-4-2/h11,13,17,19,22,24,28,30,40,42,45H,3-10,12,14-16,18,20-21,23,25-27,29,31-39,44H2,1-2H3,(H,48,49)/b13-11-,19-17-,24-22-,30-28-/t40-,42?/m1/s1. The van der Waals surface area contributed by atoms with E-state index in [9.17, 15) is 24.2 Å². The molecule has 3 atom stereocenters. The third-order valence-electron chi connectivity index (χ3n) is 8.99. The van der Waals surface area contributed by atoms with E-state index in [0.29, 0.717) is 19.3 Å². The van der Waals surface area contributed by atoms with Crippen molar-refractivity contribution in [2.75, 3.05) is 19.8 Å². The maximum Gasteiger partial charge on any atom is 0.473 e. The normalized spacial score (nSPS) is 14.5. The number of aliphatic hydroxyl groups excluding tert-OH is 1. The van der Waals surface area contributed by atoms with Gasteiger partial charge in [0, 0.05) is 19.4 Å². The van der Waals surface area contributed by atoms with E-state index in [1.807, 2.05) is 12.2 Å². The van der Waals surface area contributed by atoms with Gasteiger partial charge >= 0.3 is 13.8 Å². The number of carbonyl (C=O) groups is 2. The van der Waals surface area contributed by atoms with Crippen molar-refractivity contribution in [1.82, 2.24) is 0 Å². The topological polar surface area (TPSA) is 145 Å². The highest BCUT2D eigenvalue weighted by Crippen LogP contribution is 2.45. The number of ketones is 1. The molecule has 308 valence electrons. The van der Waals surface area contributed by atoms with Crippen molar-refractivity contribution < 1.29 is 37.9 Å². The first kappa shape index (κ1) is 51.1. The number of rotatable bonds is 39. The quantitative estimate of drug-likeness (QED) is 0.0241. The summed E-state index contributed by atoms with van der Waals surface area (Å²) in [7, 11) is -4.68. The van der Waals surface area contributed by atoms with E-state index < -0.39 is 39.2 Å². The van der Waals surface area contributed by atoms with Crippen LogP contribution in [-0.2, 0) is 27.9 Å². The first-order valence-corrected chi connectivity index (χ1v) is 22.6. The van der Waals surface area contributed by atoms with E-state index in [1.54, 1.807) is 0 Å². The van der Waals surface area contributed by atoms with Crippen molar-refractivity contribution >= 4 is 19.6 Å². The van der Waals surface area contributed by atoms with Crippen LogP contribution in [0, 0.1) is 0 Å². The zero-order valence-corrected chi connectivity index (χ0v) is 34.5. The molecule has 0 rings (SSSR count). The van der Waals surface area contributed by atoms with Crippen molar-refractivity contribution in [3.05, 3.63) is 48.6 Å². The van der Waals surface area contributed by atoms with Crippen LogP contribution in [0.4, 0.5) is 0 Å². The largest absolute Gasteiger partial charge is 0.473 e. The minimum Gasteiger partial charge on any atom is -0.457 e. The zero-order valence-electron chi connectivity index (χ0n) is 33.6. The fourth-order valence-electron chi connectivity index (χ4n) is 5.73. The van der Waals surface area contributed by atoms with Crippen LogP contribution in [0.25, 0.3) is 0 Å². The van der Waals surface area contributed by atoms with Gasteiger partial charge in [-0.15, -0.1) is 0 Å². The van der Waals surface area contributed by atoms with Gasteiger partial charge in [0.05, 0.1) is 13.2 Å². The predicted octanol–water partition coefficient (Wildman–Crippen LogP) is 11.3. The molecular weight excluding hydrogens is 689 g/mol. The smallest absolute Gasteiger partial charge is 0.457 e. The number of hydrogen-bond donors (Lipinski definition) is 3. The summed E-state index contributed by atoms with van der Waals surface area (Å²) in [5.74, 6) is -0.893. The van der Waals surface area contributed by atoms with Gasteiger partial charge in [0.25, 0.3) is 0 Å². The average molecular weight is 768 g/mol. The summed E-state index contributed by atoms with van der Waals surface area (Å²) in [6, 6.07) is 0. The molecule has 0 bridgehead atoms. The molecule has 0 aromatic rings. The molecule has 0 fully saturated rings. The molecule has 0 saturated heterocycles. The molecule has 0 aromatic heterocycles. The summed E-state index contributed by atoms with van der Waals surface area (Å²) in [5.41, 5.74) is 5.67. The van der Waals surface area contributed by atoms with Crippen molar-refractivity contribution in [2.24, 2.45) is 5.73 Å². The Labute approximate surface area is 323 Å². The van der Waals surface area contributed by atoms with Crippen molar-refractivity contribution in [3.63, 3.8) is 0 Å². The number of esters is 1. The SMILES string of the molecule is CCCCC/C=C\C/C=C\C/C=C\C/C=C\CCCC(=O)O[C@H](CO)COP(=O)(O)OC(CN)C(=O)CCCCCCCCCCCCCCCCC.